The van der Waals surface area contributed by atoms with Crippen LogP contribution in [0.15, 0.2) is 35.4 Å². The standard InChI is InChI=1S/C24H34N6O3/c1-5-13-33-14-12-30-21-15-19(18-8-9-22(32-4)27-16-18)26-17-20(21)28-23(24(30)31)25-10-6-7-11-29(2)3/h8-9,15-17H,5-7,10-14H2,1-4H3,(H,25,28). The molecule has 0 unspecified atom stereocenters. The van der Waals surface area contributed by atoms with Gasteiger partial charge in [-0.2, -0.15) is 0 Å². The van der Waals surface area contributed by atoms with Gasteiger partial charge in [-0.25, -0.2) is 9.97 Å². The van der Waals surface area contributed by atoms with E-state index < -0.39 is 0 Å². The topological polar surface area (TPSA) is 94.4 Å². The van der Waals surface area contributed by atoms with Gasteiger partial charge in [-0.1, -0.05) is 6.92 Å². The number of nitrogens with one attached hydrogen (secondary N) is 1. The first kappa shape index (κ1) is 24.6. The lowest BCUT2D eigenvalue weighted by Gasteiger charge is -2.14. The lowest BCUT2D eigenvalue weighted by Crippen LogP contribution is -2.27. The number of anilines is 1. The summed E-state index contributed by atoms with van der Waals surface area (Å²) in [5.74, 6) is 0.885. The van der Waals surface area contributed by atoms with Gasteiger partial charge in [0.2, 0.25) is 5.88 Å². The van der Waals surface area contributed by atoms with E-state index in [0.29, 0.717) is 49.2 Å². The van der Waals surface area contributed by atoms with E-state index in [4.69, 9.17) is 9.47 Å². The first-order chi connectivity index (χ1) is 16.0. The predicted octanol–water partition coefficient (Wildman–Crippen LogP) is 3.04. The fourth-order valence-corrected chi connectivity index (χ4v) is 3.45. The van der Waals surface area contributed by atoms with E-state index in [0.717, 1.165) is 36.9 Å². The van der Waals surface area contributed by atoms with Crippen molar-refractivity contribution in [2.24, 2.45) is 0 Å². The summed E-state index contributed by atoms with van der Waals surface area (Å²) < 4.78 is 12.5. The maximum atomic E-state index is 13.3. The Bertz CT molecular complexity index is 1080. The highest BCUT2D eigenvalue weighted by Gasteiger charge is 2.13. The molecule has 0 aliphatic heterocycles. The molecule has 33 heavy (non-hydrogen) atoms. The van der Waals surface area contributed by atoms with E-state index in [-0.39, 0.29) is 5.56 Å². The Kier molecular flexibility index (Phi) is 9.14. The number of aromatic nitrogens is 4. The number of ether oxygens (including phenoxy) is 2. The molecule has 9 heteroatoms. The van der Waals surface area contributed by atoms with E-state index in [1.807, 2.05) is 12.1 Å². The Morgan fingerprint density at radius 3 is 2.67 bits per heavy atom. The number of hydrogen-bond donors (Lipinski definition) is 1. The summed E-state index contributed by atoms with van der Waals surface area (Å²) in [5.41, 5.74) is 2.78. The Morgan fingerprint density at radius 2 is 1.97 bits per heavy atom. The third kappa shape index (κ3) is 6.72. The maximum absolute atomic E-state index is 13.3. The van der Waals surface area contributed by atoms with Gasteiger partial charge in [0, 0.05) is 37.5 Å². The second-order valence-corrected chi connectivity index (χ2v) is 8.11. The molecule has 0 aliphatic carbocycles. The minimum Gasteiger partial charge on any atom is -0.481 e. The largest absolute Gasteiger partial charge is 0.481 e. The van der Waals surface area contributed by atoms with Crippen LogP contribution in [-0.2, 0) is 11.3 Å². The monoisotopic (exact) mass is 454 g/mol. The Balaban J connectivity index is 1.90. The van der Waals surface area contributed by atoms with Crippen molar-refractivity contribution >= 4 is 16.9 Å². The van der Waals surface area contributed by atoms with Gasteiger partial charge in [0.1, 0.15) is 5.52 Å². The lowest BCUT2D eigenvalue weighted by atomic mass is 10.2. The fourth-order valence-electron chi connectivity index (χ4n) is 3.45. The molecule has 9 nitrogen and oxygen atoms in total. The van der Waals surface area contributed by atoms with Crippen molar-refractivity contribution in [3.63, 3.8) is 0 Å². The maximum Gasteiger partial charge on any atom is 0.293 e. The van der Waals surface area contributed by atoms with Gasteiger partial charge in [-0.15, -0.1) is 0 Å². The molecule has 3 aromatic heterocycles. The van der Waals surface area contributed by atoms with Crippen LogP contribution in [-0.4, -0.2) is 71.9 Å². The quantitative estimate of drug-likeness (QED) is 0.394. The van der Waals surface area contributed by atoms with Gasteiger partial charge >= 0.3 is 0 Å². The van der Waals surface area contributed by atoms with Crippen molar-refractivity contribution < 1.29 is 9.47 Å². The van der Waals surface area contributed by atoms with Gasteiger partial charge in [-0.3, -0.25) is 9.78 Å². The van der Waals surface area contributed by atoms with Gasteiger partial charge in [0.25, 0.3) is 5.56 Å². The summed E-state index contributed by atoms with van der Waals surface area (Å²) in [7, 11) is 5.69. The summed E-state index contributed by atoms with van der Waals surface area (Å²) >= 11 is 0. The van der Waals surface area contributed by atoms with Crippen LogP contribution in [0.3, 0.4) is 0 Å². The normalized spacial score (nSPS) is 11.3. The molecule has 0 spiro atoms. The second-order valence-electron chi connectivity index (χ2n) is 8.11. The smallest absolute Gasteiger partial charge is 0.293 e. The number of pyridine rings is 2. The summed E-state index contributed by atoms with van der Waals surface area (Å²) in [6.45, 7) is 5.33. The van der Waals surface area contributed by atoms with E-state index in [9.17, 15) is 4.79 Å². The molecule has 0 saturated carbocycles. The van der Waals surface area contributed by atoms with Crippen molar-refractivity contribution in [1.82, 2.24) is 24.4 Å². The first-order valence-corrected chi connectivity index (χ1v) is 11.4. The fraction of sp³-hybridized carbons (Fsp3) is 0.500. The molecule has 0 aliphatic rings. The molecule has 1 N–H and O–H groups in total. The van der Waals surface area contributed by atoms with Crippen molar-refractivity contribution in [1.29, 1.82) is 0 Å². The molecule has 0 amide bonds. The van der Waals surface area contributed by atoms with Crippen LogP contribution in [0.1, 0.15) is 26.2 Å². The minimum absolute atomic E-state index is 0.153. The van der Waals surface area contributed by atoms with Crippen LogP contribution in [0.25, 0.3) is 22.3 Å². The molecule has 178 valence electrons. The number of hydrogen-bond acceptors (Lipinski definition) is 8. The number of nitrogens with zero attached hydrogens (tertiary/aromatic N) is 5. The van der Waals surface area contributed by atoms with Crippen LogP contribution in [0.2, 0.25) is 0 Å². The third-order valence-electron chi connectivity index (χ3n) is 5.21. The second kappa shape index (κ2) is 12.3. The van der Waals surface area contributed by atoms with Gasteiger partial charge in [-0.05, 0) is 52.0 Å². The van der Waals surface area contributed by atoms with Crippen molar-refractivity contribution in [3.05, 3.63) is 40.9 Å². The highest BCUT2D eigenvalue weighted by atomic mass is 16.5. The highest BCUT2D eigenvalue weighted by Crippen LogP contribution is 2.22. The molecule has 0 radical (unpaired) electrons. The highest BCUT2D eigenvalue weighted by molar-refractivity contribution is 5.80. The van der Waals surface area contributed by atoms with Crippen LogP contribution in [0.4, 0.5) is 5.82 Å². The van der Waals surface area contributed by atoms with Gasteiger partial charge < -0.3 is 24.3 Å². The summed E-state index contributed by atoms with van der Waals surface area (Å²) in [6, 6.07) is 5.56. The number of methoxy groups -OCH3 is 1. The zero-order chi connectivity index (χ0) is 23.6. The molecule has 0 bridgehead atoms. The molecule has 0 atom stereocenters. The average molecular weight is 455 g/mol. The SMILES string of the molecule is CCCOCCn1c(=O)c(NCCCCN(C)C)nc2cnc(-c3ccc(OC)nc3)cc21. The van der Waals surface area contributed by atoms with Crippen molar-refractivity contribution in [3.8, 4) is 17.1 Å². The minimum atomic E-state index is -0.153. The Hall–Kier alpha value is -3.04. The van der Waals surface area contributed by atoms with Crippen molar-refractivity contribution in [2.45, 2.75) is 32.7 Å². The molecule has 0 saturated heterocycles. The van der Waals surface area contributed by atoms with E-state index >= 15 is 0 Å². The van der Waals surface area contributed by atoms with Crippen molar-refractivity contribution in [2.75, 3.05) is 52.8 Å². The van der Waals surface area contributed by atoms with E-state index in [1.54, 1.807) is 30.1 Å². The molecular weight excluding hydrogens is 420 g/mol. The number of rotatable bonds is 13. The molecular formula is C24H34N6O3. The third-order valence-corrected chi connectivity index (χ3v) is 5.21. The summed E-state index contributed by atoms with van der Waals surface area (Å²) in [6.07, 6.45) is 6.35. The Morgan fingerprint density at radius 1 is 1.12 bits per heavy atom. The van der Waals surface area contributed by atoms with Crippen LogP contribution >= 0.6 is 0 Å². The number of unbranched alkanes of at least 4 members (excludes halogenated alkanes) is 1. The molecule has 0 fully saturated rings. The molecule has 3 heterocycles. The molecule has 0 aromatic carbocycles. The summed E-state index contributed by atoms with van der Waals surface area (Å²) in [4.78, 5) is 28.8. The van der Waals surface area contributed by atoms with Gasteiger partial charge in [0.05, 0.1) is 31.1 Å². The zero-order valence-corrected chi connectivity index (χ0v) is 20.0. The molecule has 3 aromatic rings. The first-order valence-electron chi connectivity index (χ1n) is 11.4. The van der Waals surface area contributed by atoms with Crippen LogP contribution in [0, 0.1) is 0 Å². The van der Waals surface area contributed by atoms with E-state index in [1.165, 1.54) is 0 Å². The summed E-state index contributed by atoms with van der Waals surface area (Å²) in [5, 5.41) is 3.22. The van der Waals surface area contributed by atoms with Crippen LogP contribution < -0.4 is 15.6 Å². The number of fused-ring (bicyclic) bond motifs is 1. The zero-order valence-electron chi connectivity index (χ0n) is 20.0. The van der Waals surface area contributed by atoms with E-state index in [2.05, 4.69) is 46.2 Å². The lowest BCUT2D eigenvalue weighted by molar-refractivity contribution is 0.127. The van der Waals surface area contributed by atoms with Gasteiger partial charge in [0.15, 0.2) is 5.82 Å². The average Bonchev–Trinajstić information content (AvgIpc) is 2.82. The Labute approximate surface area is 194 Å². The molecule has 3 rings (SSSR count). The van der Waals surface area contributed by atoms with Crippen LogP contribution in [0.5, 0.6) is 5.88 Å². The predicted molar refractivity (Wildman–Crippen MR) is 131 cm³/mol.